The molecule has 126 valence electrons. The Morgan fingerprint density at radius 2 is 1.60 bits per heavy atom. The predicted octanol–water partition coefficient (Wildman–Crippen LogP) is 4.58. The molecule has 0 saturated carbocycles. The van der Waals surface area contributed by atoms with E-state index in [9.17, 15) is 9.59 Å². The van der Waals surface area contributed by atoms with Crippen LogP contribution in [-0.2, 0) is 4.74 Å². The van der Waals surface area contributed by atoms with Crippen molar-refractivity contribution >= 4 is 28.2 Å². The topological polar surface area (TPSA) is 64.6 Å². The Labute approximate surface area is 148 Å². The van der Waals surface area contributed by atoms with E-state index in [-0.39, 0.29) is 5.91 Å². The second-order valence-corrected chi connectivity index (χ2v) is 5.96. The summed E-state index contributed by atoms with van der Waals surface area (Å²) in [7, 11) is 1.30. The zero-order valence-electron chi connectivity index (χ0n) is 13.4. The molecular formula is C19H15NO4S. The van der Waals surface area contributed by atoms with Crippen LogP contribution < -0.4 is 10.1 Å². The van der Waals surface area contributed by atoms with Gasteiger partial charge in [-0.2, -0.15) is 0 Å². The lowest BCUT2D eigenvalue weighted by molar-refractivity contribution is 0.0602. The highest BCUT2D eigenvalue weighted by Gasteiger charge is 2.16. The highest BCUT2D eigenvalue weighted by molar-refractivity contribution is 7.14. The summed E-state index contributed by atoms with van der Waals surface area (Å²) in [5.41, 5.74) is 0.800. The molecule has 0 spiro atoms. The number of para-hydroxylation sites is 1. The first kappa shape index (κ1) is 16.7. The third kappa shape index (κ3) is 4.05. The number of ether oxygens (including phenoxy) is 2. The lowest BCUT2D eigenvalue weighted by Gasteiger charge is -2.08. The van der Waals surface area contributed by atoms with E-state index in [4.69, 9.17) is 9.47 Å². The van der Waals surface area contributed by atoms with Crippen LogP contribution in [0.15, 0.2) is 66.0 Å². The number of rotatable bonds is 5. The quantitative estimate of drug-likeness (QED) is 0.682. The number of nitrogens with one attached hydrogen (secondary N) is 1. The second-order valence-electron chi connectivity index (χ2n) is 5.05. The maximum atomic E-state index is 12.3. The highest BCUT2D eigenvalue weighted by atomic mass is 32.1. The largest absolute Gasteiger partial charge is 0.465 e. The van der Waals surface area contributed by atoms with Crippen molar-refractivity contribution in [1.82, 2.24) is 0 Å². The molecule has 0 radical (unpaired) electrons. The highest BCUT2D eigenvalue weighted by Crippen LogP contribution is 2.25. The van der Waals surface area contributed by atoms with Gasteiger partial charge in [-0.15, -0.1) is 11.3 Å². The predicted molar refractivity (Wildman–Crippen MR) is 96.6 cm³/mol. The fourth-order valence-electron chi connectivity index (χ4n) is 2.15. The lowest BCUT2D eigenvalue weighted by atomic mass is 10.2. The summed E-state index contributed by atoms with van der Waals surface area (Å²) < 4.78 is 10.4. The van der Waals surface area contributed by atoms with Gasteiger partial charge in [-0.05, 0) is 47.8 Å². The minimum Gasteiger partial charge on any atom is -0.465 e. The van der Waals surface area contributed by atoms with E-state index < -0.39 is 5.97 Å². The number of hydrogen-bond donors (Lipinski definition) is 1. The molecule has 0 unspecified atom stereocenters. The third-order valence-corrected chi connectivity index (χ3v) is 4.22. The van der Waals surface area contributed by atoms with E-state index >= 15 is 0 Å². The zero-order chi connectivity index (χ0) is 17.6. The molecule has 0 aliphatic carbocycles. The van der Waals surface area contributed by atoms with E-state index in [1.807, 2.05) is 30.3 Å². The molecule has 0 saturated heterocycles. The Kier molecular flexibility index (Phi) is 5.11. The van der Waals surface area contributed by atoms with Crippen molar-refractivity contribution in [2.75, 3.05) is 12.4 Å². The number of hydrogen-bond acceptors (Lipinski definition) is 5. The standard InChI is InChI=1S/C19H15NO4S/c1-23-19(22)16-11-12-25-18(16)20-17(21)13-7-9-15(10-8-13)24-14-5-3-2-4-6-14/h2-12H,1H3,(H,20,21). The summed E-state index contributed by atoms with van der Waals surface area (Å²) in [5, 5.41) is 4.91. The molecule has 1 aromatic heterocycles. The minimum atomic E-state index is -0.483. The van der Waals surface area contributed by atoms with Gasteiger partial charge in [0.2, 0.25) is 0 Å². The van der Waals surface area contributed by atoms with Gasteiger partial charge in [-0.25, -0.2) is 4.79 Å². The summed E-state index contributed by atoms with van der Waals surface area (Å²) >= 11 is 1.26. The van der Waals surface area contributed by atoms with Gasteiger partial charge in [0.25, 0.3) is 5.91 Å². The van der Waals surface area contributed by atoms with Crippen molar-refractivity contribution in [3.8, 4) is 11.5 Å². The van der Waals surface area contributed by atoms with Crippen molar-refractivity contribution in [3.63, 3.8) is 0 Å². The first-order valence-corrected chi connectivity index (χ1v) is 8.35. The molecule has 1 amide bonds. The second kappa shape index (κ2) is 7.63. The van der Waals surface area contributed by atoms with Crippen LogP contribution in [0.25, 0.3) is 0 Å². The number of methoxy groups -OCH3 is 1. The Balaban J connectivity index is 1.69. The Morgan fingerprint density at radius 1 is 0.920 bits per heavy atom. The van der Waals surface area contributed by atoms with Crippen LogP contribution >= 0.6 is 11.3 Å². The molecule has 1 heterocycles. The average molecular weight is 353 g/mol. The number of esters is 1. The van der Waals surface area contributed by atoms with Crippen LogP contribution in [0.5, 0.6) is 11.5 Å². The van der Waals surface area contributed by atoms with Gasteiger partial charge < -0.3 is 14.8 Å². The molecule has 0 aliphatic heterocycles. The maximum absolute atomic E-state index is 12.3. The molecule has 0 fully saturated rings. The molecular weight excluding hydrogens is 338 g/mol. The summed E-state index contributed by atoms with van der Waals surface area (Å²) in [6.07, 6.45) is 0. The third-order valence-electron chi connectivity index (χ3n) is 3.39. The number of anilines is 1. The molecule has 0 atom stereocenters. The van der Waals surface area contributed by atoms with Crippen LogP contribution in [0.4, 0.5) is 5.00 Å². The van der Waals surface area contributed by atoms with Gasteiger partial charge in [0.15, 0.2) is 0 Å². The van der Waals surface area contributed by atoms with Gasteiger partial charge in [0.05, 0.1) is 12.7 Å². The Bertz CT molecular complexity index is 872. The monoisotopic (exact) mass is 353 g/mol. The maximum Gasteiger partial charge on any atom is 0.340 e. The van der Waals surface area contributed by atoms with Crippen LogP contribution in [-0.4, -0.2) is 19.0 Å². The first-order valence-electron chi connectivity index (χ1n) is 7.47. The van der Waals surface area contributed by atoms with Crippen molar-refractivity contribution in [2.24, 2.45) is 0 Å². The summed E-state index contributed by atoms with van der Waals surface area (Å²) in [6, 6.07) is 17.8. The first-order chi connectivity index (χ1) is 12.2. The van der Waals surface area contributed by atoms with E-state index in [2.05, 4.69) is 5.32 Å². The van der Waals surface area contributed by atoms with E-state index in [1.54, 1.807) is 35.7 Å². The van der Waals surface area contributed by atoms with Crippen molar-refractivity contribution in [2.45, 2.75) is 0 Å². The molecule has 1 N–H and O–H groups in total. The number of benzene rings is 2. The van der Waals surface area contributed by atoms with Crippen LogP contribution in [0.2, 0.25) is 0 Å². The zero-order valence-corrected chi connectivity index (χ0v) is 14.2. The molecule has 0 aliphatic rings. The molecule has 5 nitrogen and oxygen atoms in total. The molecule has 2 aromatic carbocycles. The van der Waals surface area contributed by atoms with Gasteiger partial charge in [-0.3, -0.25) is 4.79 Å². The van der Waals surface area contributed by atoms with Gasteiger partial charge in [-0.1, -0.05) is 18.2 Å². The van der Waals surface area contributed by atoms with Crippen LogP contribution in [0.1, 0.15) is 20.7 Å². The van der Waals surface area contributed by atoms with Crippen molar-refractivity contribution in [1.29, 1.82) is 0 Å². The fraction of sp³-hybridized carbons (Fsp3) is 0.0526. The number of thiophene rings is 1. The lowest BCUT2D eigenvalue weighted by Crippen LogP contribution is -2.13. The molecule has 3 aromatic rings. The van der Waals surface area contributed by atoms with Crippen molar-refractivity contribution in [3.05, 3.63) is 77.2 Å². The fourth-order valence-corrected chi connectivity index (χ4v) is 2.92. The molecule has 3 rings (SSSR count). The Hall–Kier alpha value is -3.12. The smallest absolute Gasteiger partial charge is 0.340 e. The molecule has 25 heavy (non-hydrogen) atoms. The van der Waals surface area contributed by atoms with Crippen LogP contribution in [0.3, 0.4) is 0 Å². The number of amides is 1. The SMILES string of the molecule is COC(=O)c1ccsc1NC(=O)c1ccc(Oc2ccccc2)cc1. The van der Waals surface area contributed by atoms with E-state index in [0.717, 1.165) is 5.75 Å². The minimum absolute atomic E-state index is 0.307. The van der Waals surface area contributed by atoms with Crippen molar-refractivity contribution < 1.29 is 19.1 Å². The Morgan fingerprint density at radius 3 is 2.28 bits per heavy atom. The molecule has 6 heteroatoms. The summed E-state index contributed by atoms with van der Waals surface area (Å²) in [4.78, 5) is 24.0. The van der Waals surface area contributed by atoms with Gasteiger partial charge in [0.1, 0.15) is 16.5 Å². The van der Waals surface area contributed by atoms with Crippen LogP contribution in [0, 0.1) is 0 Å². The normalized spacial score (nSPS) is 10.1. The van der Waals surface area contributed by atoms with Gasteiger partial charge in [0, 0.05) is 5.56 Å². The summed E-state index contributed by atoms with van der Waals surface area (Å²) in [6.45, 7) is 0. The number of carbonyl (C=O) groups is 2. The number of carbonyl (C=O) groups excluding carboxylic acids is 2. The molecule has 0 bridgehead atoms. The average Bonchev–Trinajstić information content (AvgIpc) is 3.10. The van der Waals surface area contributed by atoms with E-state index in [1.165, 1.54) is 18.4 Å². The van der Waals surface area contributed by atoms with Gasteiger partial charge >= 0.3 is 5.97 Å². The van der Waals surface area contributed by atoms with E-state index in [0.29, 0.717) is 21.9 Å². The summed E-state index contributed by atoms with van der Waals surface area (Å²) in [5.74, 6) is 0.567.